The molecule has 0 amide bonds. The fourth-order valence-electron chi connectivity index (χ4n) is 7.04. The van der Waals surface area contributed by atoms with Crippen molar-refractivity contribution in [1.29, 1.82) is 0 Å². The summed E-state index contributed by atoms with van der Waals surface area (Å²) in [6.07, 6.45) is 11.8. The van der Waals surface area contributed by atoms with Crippen molar-refractivity contribution in [3.05, 3.63) is 95.6 Å². The van der Waals surface area contributed by atoms with Crippen LogP contribution in [0.1, 0.15) is 102 Å². The Morgan fingerprint density at radius 2 is 1.19 bits per heavy atom. The number of unbranched alkanes of at least 4 members (excludes halogenated alkanes) is 3. The van der Waals surface area contributed by atoms with Gasteiger partial charge in [0.25, 0.3) is 0 Å². The second kappa shape index (κ2) is 18.1. The van der Waals surface area contributed by atoms with Gasteiger partial charge in [0.05, 0.1) is 0 Å². The van der Waals surface area contributed by atoms with Gasteiger partial charge in [0, 0.05) is 0 Å². The van der Waals surface area contributed by atoms with Crippen LogP contribution in [0.15, 0.2) is 78.9 Å². The summed E-state index contributed by atoms with van der Waals surface area (Å²) in [5.41, 5.74) is 6.71. The van der Waals surface area contributed by atoms with E-state index in [0.29, 0.717) is 0 Å². The Morgan fingerprint density at radius 1 is 0.651 bits per heavy atom. The topological polar surface area (TPSA) is 12.5 Å². The molecule has 1 fully saturated rings. The van der Waals surface area contributed by atoms with Crippen LogP contribution in [0.3, 0.4) is 0 Å². The van der Waals surface area contributed by atoms with Gasteiger partial charge < -0.3 is 0 Å². The van der Waals surface area contributed by atoms with Crippen molar-refractivity contribution in [2.75, 3.05) is 26.2 Å². The predicted molar refractivity (Wildman–Crippen MR) is 191 cm³/mol. The molecule has 0 radical (unpaired) electrons. The first-order chi connectivity index (χ1) is 21.1. The number of hydrogen-bond donors (Lipinski definition) is 0. The molecule has 1 saturated heterocycles. The Kier molecular flexibility index (Phi) is 14.2. The fourth-order valence-corrected chi connectivity index (χ4v) is 23.0. The molecule has 4 rings (SSSR count). The first-order valence-corrected chi connectivity index (χ1v) is 25.0. The van der Waals surface area contributed by atoms with E-state index in [1.165, 1.54) is 106 Å². The average molecular weight is 687 g/mol. The minimum atomic E-state index is -2.48. The van der Waals surface area contributed by atoms with Gasteiger partial charge >= 0.3 is 238 Å². The number of rotatable bonds is 18. The van der Waals surface area contributed by atoms with Crippen molar-refractivity contribution in [3.8, 4) is 5.75 Å². The van der Waals surface area contributed by atoms with Crippen LogP contribution in [0.4, 0.5) is 0 Å². The maximum atomic E-state index is 6.18. The average Bonchev–Trinajstić information content (AvgIpc) is 3.58. The Balaban J connectivity index is 1.68. The van der Waals surface area contributed by atoms with Crippen LogP contribution in [-0.4, -0.2) is 49.5 Å². The van der Waals surface area contributed by atoms with Gasteiger partial charge in [-0.2, -0.15) is 0 Å². The zero-order chi connectivity index (χ0) is 30.3. The summed E-state index contributed by atoms with van der Waals surface area (Å²) in [5.74, 6) is 0.969. The zero-order valence-electron chi connectivity index (χ0n) is 27.7. The van der Waals surface area contributed by atoms with E-state index in [9.17, 15) is 0 Å². The van der Waals surface area contributed by atoms with Gasteiger partial charge in [-0.3, -0.25) is 4.90 Å². The summed E-state index contributed by atoms with van der Waals surface area (Å²) in [6, 6.07) is 30.0. The van der Waals surface area contributed by atoms with Crippen molar-refractivity contribution in [2.24, 2.45) is 0 Å². The molecule has 0 aliphatic carbocycles. The second-order valence-electron chi connectivity index (χ2n) is 12.7. The molecule has 3 aromatic carbocycles. The Morgan fingerprint density at radius 3 is 1.70 bits per heavy atom. The zero-order valence-corrected chi connectivity index (χ0v) is 30.5. The standard InChI is InChI=1S/C28H30NO.3C4H9.Sn/c1-2-27(23-11-5-3-6-12-23)28(24-13-7-4-8-14-24)25-15-17-26(18-16-25)30-22-21-29-19-9-10-20-29;3*1-3-4-2;/h3,5-8,11-18H,2,9-10,19-22H2,1H3;3*1,3-4H2,2H3;/b28-27-;;;;. The van der Waals surface area contributed by atoms with Crippen molar-refractivity contribution >= 4 is 33.1 Å². The summed E-state index contributed by atoms with van der Waals surface area (Å²) in [5, 5.41) is 0. The summed E-state index contributed by atoms with van der Waals surface area (Å²) in [7, 11) is 0. The number of ether oxygens (including phenoxy) is 1. The van der Waals surface area contributed by atoms with Gasteiger partial charge in [0.15, 0.2) is 0 Å². The van der Waals surface area contributed by atoms with E-state index in [1.54, 1.807) is 3.58 Å². The third-order valence-corrected chi connectivity index (χ3v) is 25.3. The van der Waals surface area contributed by atoms with Crippen molar-refractivity contribution < 1.29 is 4.74 Å². The molecule has 0 saturated carbocycles. The van der Waals surface area contributed by atoms with Crippen LogP contribution >= 0.6 is 0 Å². The van der Waals surface area contributed by atoms with Crippen LogP contribution in [0.2, 0.25) is 13.3 Å². The van der Waals surface area contributed by atoms with Gasteiger partial charge in [-0.1, -0.05) is 0 Å². The van der Waals surface area contributed by atoms with Crippen LogP contribution in [0, 0.1) is 0 Å². The third kappa shape index (κ3) is 9.47. The molecule has 0 bridgehead atoms. The third-order valence-electron chi connectivity index (χ3n) is 9.61. The minimum absolute atomic E-state index is 0.759. The summed E-state index contributed by atoms with van der Waals surface area (Å²) < 4.78 is 12.5. The van der Waals surface area contributed by atoms with E-state index in [-0.39, 0.29) is 0 Å². The van der Waals surface area contributed by atoms with Crippen molar-refractivity contribution in [1.82, 2.24) is 4.90 Å². The Bertz CT molecular complexity index is 1200. The molecule has 1 aliphatic heterocycles. The molecule has 2 nitrogen and oxygen atoms in total. The first-order valence-electron chi connectivity index (χ1n) is 17.5. The van der Waals surface area contributed by atoms with Gasteiger partial charge in [0.2, 0.25) is 0 Å². The van der Waals surface area contributed by atoms with Crippen LogP contribution in [0.25, 0.3) is 11.1 Å². The normalized spacial score (nSPS) is 14.6. The molecule has 232 valence electrons. The predicted octanol–water partition coefficient (Wildman–Crippen LogP) is 10.6. The summed E-state index contributed by atoms with van der Waals surface area (Å²) in [6.45, 7) is 13.6. The quantitative estimate of drug-likeness (QED) is 0.0976. The number of likely N-dealkylation sites (tertiary alicyclic amines) is 1. The molecule has 0 atom stereocenters. The maximum absolute atomic E-state index is 6.18. The number of nitrogens with zero attached hydrogens (tertiary/aromatic N) is 1. The molecule has 0 N–H and O–H groups in total. The molecule has 0 aromatic heterocycles. The molecule has 43 heavy (non-hydrogen) atoms. The van der Waals surface area contributed by atoms with Crippen molar-refractivity contribution in [3.63, 3.8) is 0 Å². The number of benzene rings is 3. The van der Waals surface area contributed by atoms with E-state index in [4.69, 9.17) is 4.74 Å². The molecule has 3 heteroatoms. The Labute approximate surface area is 267 Å². The SMILES string of the molecule is CCC[CH2][Sn]([CH2]CCC)([CH2]CCC)[c]1ccc(/C(=C(\CC)c2ccccc2)c2ccc(OCCN3CCCC3)cc2)cc1. The molecular weight excluding hydrogens is 629 g/mol. The number of hydrogen-bond acceptors (Lipinski definition) is 2. The van der Waals surface area contributed by atoms with Crippen molar-refractivity contribution in [2.45, 2.75) is 98.8 Å². The first kappa shape index (κ1) is 33.8. The van der Waals surface area contributed by atoms with Crippen LogP contribution in [0.5, 0.6) is 5.75 Å². The van der Waals surface area contributed by atoms with Gasteiger partial charge in [-0.25, -0.2) is 0 Å². The summed E-state index contributed by atoms with van der Waals surface area (Å²) in [4.78, 5) is 2.51. The van der Waals surface area contributed by atoms with E-state index >= 15 is 0 Å². The summed E-state index contributed by atoms with van der Waals surface area (Å²) >= 11 is -2.48. The van der Waals surface area contributed by atoms with E-state index < -0.39 is 18.4 Å². The second-order valence-corrected chi connectivity index (χ2v) is 25.9. The van der Waals surface area contributed by atoms with E-state index in [2.05, 4.69) is 111 Å². The molecule has 0 spiro atoms. The molecule has 0 unspecified atom stereocenters. The molecule has 1 heterocycles. The monoisotopic (exact) mass is 687 g/mol. The number of allylic oxidation sites excluding steroid dienone is 1. The fraction of sp³-hybridized carbons (Fsp3) is 0.500. The van der Waals surface area contributed by atoms with E-state index in [0.717, 1.165) is 25.3 Å². The molecule has 3 aromatic rings. The van der Waals surface area contributed by atoms with Crippen LogP contribution < -0.4 is 8.32 Å². The van der Waals surface area contributed by atoms with Gasteiger partial charge in [-0.15, -0.1) is 0 Å². The van der Waals surface area contributed by atoms with E-state index in [1.807, 2.05) is 0 Å². The molecule has 1 aliphatic rings. The van der Waals surface area contributed by atoms with Gasteiger partial charge in [-0.05, 0) is 25.9 Å². The van der Waals surface area contributed by atoms with Crippen LogP contribution in [-0.2, 0) is 0 Å². The van der Waals surface area contributed by atoms with Gasteiger partial charge in [0.1, 0.15) is 0 Å². The Hall–Kier alpha value is -2.04. The molecular formula is C40H57NOSn.